The summed E-state index contributed by atoms with van der Waals surface area (Å²) in [6, 6.07) is 2.29. The van der Waals surface area contributed by atoms with Gasteiger partial charge in [0, 0.05) is 69.2 Å². The van der Waals surface area contributed by atoms with Gasteiger partial charge in [-0.25, -0.2) is 0 Å². The zero-order chi connectivity index (χ0) is 16.1. The molecule has 7 heteroatoms. The van der Waals surface area contributed by atoms with Gasteiger partial charge in [0.1, 0.15) is 0 Å². The Kier molecular flexibility index (Phi) is 5.64. The van der Waals surface area contributed by atoms with Crippen LogP contribution in [0.5, 0.6) is 0 Å². The largest absolute Gasteiger partial charge is 0.351 e. The molecular formula is C16H24N4O2S. The summed E-state index contributed by atoms with van der Waals surface area (Å²) in [6.45, 7) is 6.30. The number of hydrogen-bond acceptors (Lipinski definition) is 5. The summed E-state index contributed by atoms with van der Waals surface area (Å²) in [4.78, 5) is 28.5. The maximum absolute atomic E-state index is 12.3. The van der Waals surface area contributed by atoms with Crippen molar-refractivity contribution in [1.82, 2.24) is 20.4 Å². The molecule has 2 aliphatic heterocycles. The number of piperazine rings is 1. The van der Waals surface area contributed by atoms with E-state index < -0.39 is 0 Å². The van der Waals surface area contributed by atoms with Gasteiger partial charge in [-0.1, -0.05) is 0 Å². The fraction of sp³-hybridized carbons (Fsp3) is 0.625. The van der Waals surface area contributed by atoms with Crippen LogP contribution in [0.25, 0.3) is 0 Å². The Hall–Kier alpha value is -1.44. The molecular weight excluding hydrogens is 312 g/mol. The topological polar surface area (TPSA) is 64.7 Å². The van der Waals surface area contributed by atoms with Gasteiger partial charge in [0.25, 0.3) is 5.91 Å². The van der Waals surface area contributed by atoms with Gasteiger partial charge >= 0.3 is 0 Å². The number of nitrogens with zero attached hydrogens (tertiary/aromatic N) is 2. The van der Waals surface area contributed by atoms with E-state index in [4.69, 9.17) is 0 Å². The van der Waals surface area contributed by atoms with Gasteiger partial charge in [-0.15, -0.1) is 0 Å². The molecule has 2 saturated heterocycles. The molecule has 0 saturated carbocycles. The Morgan fingerprint density at radius 3 is 2.87 bits per heavy atom. The minimum absolute atomic E-state index is 0.0980. The third-order valence-corrected chi connectivity index (χ3v) is 5.28. The summed E-state index contributed by atoms with van der Waals surface area (Å²) < 4.78 is 0. The lowest BCUT2D eigenvalue weighted by molar-refractivity contribution is -0.130. The van der Waals surface area contributed by atoms with Crippen molar-refractivity contribution in [3.8, 4) is 0 Å². The summed E-state index contributed by atoms with van der Waals surface area (Å²) in [7, 11) is 0. The molecule has 126 valence electrons. The second-order valence-electron chi connectivity index (χ2n) is 6.09. The Labute approximate surface area is 140 Å². The number of likely N-dealkylation sites (tertiary alicyclic amines) is 1. The van der Waals surface area contributed by atoms with Gasteiger partial charge in [-0.2, -0.15) is 11.3 Å². The van der Waals surface area contributed by atoms with Gasteiger partial charge in [0.15, 0.2) is 0 Å². The van der Waals surface area contributed by atoms with Crippen LogP contribution in [-0.4, -0.2) is 73.5 Å². The molecule has 1 atom stereocenters. The fourth-order valence-corrected chi connectivity index (χ4v) is 3.89. The van der Waals surface area contributed by atoms with Gasteiger partial charge in [0.05, 0.1) is 0 Å². The van der Waals surface area contributed by atoms with E-state index in [2.05, 4.69) is 15.5 Å². The van der Waals surface area contributed by atoms with E-state index in [0.29, 0.717) is 24.6 Å². The Morgan fingerprint density at radius 2 is 2.13 bits per heavy atom. The first-order valence-electron chi connectivity index (χ1n) is 8.27. The van der Waals surface area contributed by atoms with Crippen LogP contribution < -0.4 is 10.6 Å². The predicted molar refractivity (Wildman–Crippen MR) is 90.7 cm³/mol. The first-order valence-corrected chi connectivity index (χ1v) is 9.21. The SMILES string of the molecule is O=C(NCCC(=O)N1CCC(N2CCNCC2)C1)c1ccsc1. The lowest BCUT2D eigenvalue weighted by atomic mass is 10.2. The Morgan fingerprint density at radius 1 is 1.30 bits per heavy atom. The number of amides is 2. The molecule has 3 heterocycles. The van der Waals surface area contributed by atoms with Gasteiger partial charge in [-0.05, 0) is 17.9 Å². The third kappa shape index (κ3) is 4.31. The highest BCUT2D eigenvalue weighted by molar-refractivity contribution is 7.08. The van der Waals surface area contributed by atoms with Gasteiger partial charge < -0.3 is 15.5 Å². The van der Waals surface area contributed by atoms with E-state index >= 15 is 0 Å². The predicted octanol–water partition coefficient (Wildman–Crippen LogP) is 0.374. The molecule has 1 unspecified atom stereocenters. The highest BCUT2D eigenvalue weighted by Crippen LogP contribution is 2.17. The summed E-state index contributed by atoms with van der Waals surface area (Å²) in [5.74, 6) is 0.0485. The average Bonchev–Trinajstić information content (AvgIpc) is 3.27. The van der Waals surface area contributed by atoms with Crippen molar-refractivity contribution >= 4 is 23.2 Å². The van der Waals surface area contributed by atoms with Crippen LogP contribution in [-0.2, 0) is 4.79 Å². The molecule has 0 spiro atoms. The van der Waals surface area contributed by atoms with Crippen molar-refractivity contribution in [2.75, 3.05) is 45.8 Å². The molecule has 2 aliphatic rings. The van der Waals surface area contributed by atoms with Crippen molar-refractivity contribution in [3.05, 3.63) is 22.4 Å². The van der Waals surface area contributed by atoms with Crippen LogP contribution in [0.4, 0.5) is 0 Å². The second-order valence-corrected chi connectivity index (χ2v) is 6.87. The second kappa shape index (κ2) is 7.90. The average molecular weight is 336 g/mol. The maximum atomic E-state index is 12.3. The fourth-order valence-electron chi connectivity index (χ4n) is 3.25. The van der Waals surface area contributed by atoms with E-state index in [0.717, 1.165) is 45.7 Å². The van der Waals surface area contributed by atoms with E-state index in [9.17, 15) is 9.59 Å². The monoisotopic (exact) mass is 336 g/mol. The van der Waals surface area contributed by atoms with Crippen LogP contribution in [0.2, 0.25) is 0 Å². The highest BCUT2D eigenvalue weighted by atomic mass is 32.1. The van der Waals surface area contributed by atoms with E-state index in [1.165, 1.54) is 11.3 Å². The molecule has 0 bridgehead atoms. The molecule has 23 heavy (non-hydrogen) atoms. The number of hydrogen-bond donors (Lipinski definition) is 2. The van der Waals surface area contributed by atoms with Crippen LogP contribution in [0, 0.1) is 0 Å². The van der Waals surface area contributed by atoms with Crippen molar-refractivity contribution in [2.24, 2.45) is 0 Å². The molecule has 6 nitrogen and oxygen atoms in total. The summed E-state index contributed by atoms with van der Waals surface area (Å²) >= 11 is 1.50. The van der Waals surface area contributed by atoms with Crippen LogP contribution in [0.1, 0.15) is 23.2 Å². The van der Waals surface area contributed by atoms with Gasteiger partial charge in [0.2, 0.25) is 5.91 Å². The quantitative estimate of drug-likeness (QED) is 0.816. The Bertz CT molecular complexity index is 528. The number of carbonyl (C=O) groups is 2. The first-order chi connectivity index (χ1) is 11.2. The zero-order valence-electron chi connectivity index (χ0n) is 13.3. The molecule has 2 fully saturated rings. The van der Waals surface area contributed by atoms with Crippen molar-refractivity contribution < 1.29 is 9.59 Å². The number of rotatable bonds is 5. The summed E-state index contributed by atoms with van der Waals surface area (Å²) in [6.07, 6.45) is 1.44. The smallest absolute Gasteiger partial charge is 0.252 e. The molecule has 0 radical (unpaired) electrons. The van der Waals surface area contributed by atoms with Crippen molar-refractivity contribution in [1.29, 1.82) is 0 Å². The Balaban J connectivity index is 1.38. The number of carbonyl (C=O) groups excluding carboxylic acids is 2. The number of thiophene rings is 1. The normalized spacial score (nSPS) is 22.3. The van der Waals surface area contributed by atoms with Gasteiger partial charge in [-0.3, -0.25) is 14.5 Å². The number of nitrogens with one attached hydrogen (secondary N) is 2. The standard InChI is InChI=1S/C16H24N4O2S/c21-15(1-4-18-16(22)13-3-10-23-12-13)20-7-2-14(11-20)19-8-5-17-6-9-19/h3,10,12,14,17H,1-2,4-9,11H2,(H,18,22). The van der Waals surface area contributed by atoms with Crippen molar-refractivity contribution in [3.63, 3.8) is 0 Å². The molecule has 2 amide bonds. The van der Waals surface area contributed by atoms with Crippen LogP contribution in [0.15, 0.2) is 16.8 Å². The molecule has 2 N–H and O–H groups in total. The summed E-state index contributed by atoms with van der Waals surface area (Å²) in [5.41, 5.74) is 0.669. The lowest BCUT2D eigenvalue weighted by Crippen LogP contribution is -2.49. The minimum atomic E-state index is -0.0980. The molecule has 1 aromatic rings. The third-order valence-electron chi connectivity index (χ3n) is 4.59. The molecule has 1 aromatic heterocycles. The lowest BCUT2D eigenvalue weighted by Gasteiger charge is -2.32. The highest BCUT2D eigenvalue weighted by Gasteiger charge is 2.30. The van der Waals surface area contributed by atoms with Crippen LogP contribution in [0.3, 0.4) is 0 Å². The van der Waals surface area contributed by atoms with Crippen molar-refractivity contribution in [2.45, 2.75) is 18.9 Å². The first kappa shape index (κ1) is 16.4. The van der Waals surface area contributed by atoms with E-state index in [-0.39, 0.29) is 11.8 Å². The summed E-state index contributed by atoms with van der Waals surface area (Å²) in [5, 5.41) is 9.87. The molecule has 0 aromatic carbocycles. The molecule has 0 aliphatic carbocycles. The van der Waals surface area contributed by atoms with Crippen LogP contribution >= 0.6 is 11.3 Å². The zero-order valence-corrected chi connectivity index (χ0v) is 14.1. The maximum Gasteiger partial charge on any atom is 0.252 e. The molecule has 3 rings (SSSR count). The minimum Gasteiger partial charge on any atom is -0.351 e. The van der Waals surface area contributed by atoms with E-state index in [1.54, 1.807) is 6.07 Å². The van der Waals surface area contributed by atoms with E-state index in [1.807, 2.05) is 15.7 Å².